The van der Waals surface area contributed by atoms with Crippen molar-refractivity contribution in [1.82, 2.24) is 10.4 Å². The number of primary amides is 1. The summed E-state index contributed by atoms with van der Waals surface area (Å²) < 4.78 is 14.8. The van der Waals surface area contributed by atoms with Crippen molar-refractivity contribution in [2.24, 2.45) is 5.73 Å². The molecule has 3 N–H and O–H groups in total. The van der Waals surface area contributed by atoms with E-state index >= 15 is 0 Å². The number of nitro groups is 1. The Kier molecular flexibility index (Phi) is 8.12. The highest BCUT2D eigenvalue weighted by Gasteiger charge is 2.51. The minimum absolute atomic E-state index is 0.108. The maximum absolute atomic E-state index is 12.3. The third kappa shape index (κ3) is 7.60. The molecule has 180 valence electrons. The molecule has 2 rings (SSSR count). The van der Waals surface area contributed by atoms with Gasteiger partial charge in [-0.15, -0.1) is 0 Å². The number of ether oxygens (including phenoxy) is 3. The molecule has 0 radical (unpaired) electrons. The summed E-state index contributed by atoms with van der Waals surface area (Å²) in [4.78, 5) is 62.4. The van der Waals surface area contributed by atoms with Gasteiger partial charge in [0.25, 0.3) is 11.6 Å². The number of benzene rings is 1. The highest BCUT2D eigenvalue weighted by Crippen LogP contribution is 2.22. The monoisotopic (exact) mass is 468 g/mol. The van der Waals surface area contributed by atoms with Gasteiger partial charge in [-0.05, 0) is 38.5 Å². The van der Waals surface area contributed by atoms with Crippen LogP contribution in [0.5, 0.6) is 0 Å². The van der Waals surface area contributed by atoms with E-state index in [0.717, 1.165) is 5.06 Å². The molecule has 2 atom stereocenters. The largest absolute Gasteiger partial charge is 0.459 e. The summed E-state index contributed by atoms with van der Waals surface area (Å²) in [6.07, 6.45) is -1.97. The number of amides is 3. The van der Waals surface area contributed by atoms with Gasteiger partial charge in [0.2, 0.25) is 0 Å². The van der Waals surface area contributed by atoms with Gasteiger partial charge in [0.15, 0.2) is 6.61 Å². The predicted molar refractivity (Wildman–Crippen MR) is 108 cm³/mol. The van der Waals surface area contributed by atoms with Crippen LogP contribution in [0.4, 0.5) is 15.3 Å². The molecule has 1 aliphatic rings. The summed E-state index contributed by atoms with van der Waals surface area (Å²) in [5, 5.41) is 13.8. The summed E-state index contributed by atoms with van der Waals surface area (Å²) in [5.74, 6) is -1.54. The Morgan fingerprint density at radius 1 is 1.18 bits per heavy atom. The number of β-lactam (4-membered cyclic amide) rings is 1. The van der Waals surface area contributed by atoms with Crippen LogP contribution in [-0.2, 0) is 35.2 Å². The number of carbonyl (C=O) groups is 4. The highest BCUT2D eigenvalue weighted by molar-refractivity contribution is 5.91. The van der Waals surface area contributed by atoms with Gasteiger partial charge in [-0.25, -0.2) is 19.4 Å². The van der Waals surface area contributed by atoms with Crippen LogP contribution < -0.4 is 11.1 Å². The zero-order valence-electron chi connectivity index (χ0n) is 18.1. The van der Waals surface area contributed by atoms with Crippen molar-refractivity contribution in [3.05, 3.63) is 39.9 Å². The van der Waals surface area contributed by atoms with Crippen LogP contribution in [0.15, 0.2) is 24.3 Å². The van der Waals surface area contributed by atoms with Gasteiger partial charge in [0, 0.05) is 12.1 Å². The second kappa shape index (κ2) is 10.6. The highest BCUT2D eigenvalue weighted by atomic mass is 16.7. The third-order valence-corrected chi connectivity index (χ3v) is 4.11. The summed E-state index contributed by atoms with van der Waals surface area (Å²) in [6.45, 7) is 3.68. The number of nitrogens with two attached hydrogens (primary N) is 1. The van der Waals surface area contributed by atoms with Crippen molar-refractivity contribution < 1.29 is 43.1 Å². The molecule has 33 heavy (non-hydrogen) atoms. The number of nitrogens with one attached hydrogen (secondary N) is 1. The Morgan fingerprint density at radius 2 is 1.82 bits per heavy atom. The number of alkyl carbamates (subject to hydrolysis) is 1. The third-order valence-electron chi connectivity index (χ3n) is 4.11. The molecule has 1 aromatic carbocycles. The second-order valence-electron chi connectivity index (χ2n) is 7.84. The fourth-order valence-corrected chi connectivity index (χ4v) is 2.64. The van der Waals surface area contributed by atoms with Crippen molar-refractivity contribution in [3.8, 4) is 0 Å². The Morgan fingerprint density at radius 3 is 2.36 bits per heavy atom. The molecule has 0 aliphatic carbocycles. The Balaban J connectivity index is 1.88. The molecule has 1 saturated heterocycles. The minimum atomic E-state index is -1.13. The Labute approximate surface area is 188 Å². The van der Waals surface area contributed by atoms with E-state index in [1.165, 1.54) is 24.3 Å². The number of carbonyl (C=O) groups excluding carboxylic acids is 4. The van der Waals surface area contributed by atoms with Gasteiger partial charge in [0.1, 0.15) is 30.9 Å². The normalized spacial score (nSPS) is 17.5. The number of hydrogen-bond donors (Lipinski definition) is 2. The van der Waals surface area contributed by atoms with Crippen LogP contribution in [0.3, 0.4) is 0 Å². The first-order valence-electron chi connectivity index (χ1n) is 9.64. The Bertz CT molecular complexity index is 912. The number of hydrogen-bond acceptors (Lipinski definition) is 10. The van der Waals surface area contributed by atoms with Crippen LogP contribution >= 0.6 is 0 Å². The number of nitro benzene ring substituents is 1. The molecule has 14 heteroatoms. The lowest BCUT2D eigenvalue weighted by Crippen LogP contribution is -2.72. The van der Waals surface area contributed by atoms with E-state index < -0.39 is 59.9 Å². The van der Waals surface area contributed by atoms with E-state index in [9.17, 15) is 29.3 Å². The fourth-order valence-electron chi connectivity index (χ4n) is 2.64. The molecule has 0 saturated carbocycles. The molecule has 14 nitrogen and oxygen atoms in total. The molecule has 1 aliphatic heterocycles. The smallest absolute Gasteiger partial charge is 0.408 e. The maximum Gasteiger partial charge on any atom is 0.408 e. The van der Waals surface area contributed by atoms with Gasteiger partial charge in [-0.3, -0.25) is 19.7 Å². The second-order valence-corrected chi connectivity index (χ2v) is 7.84. The first-order valence-corrected chi connectivity index (χ1v) is 9.64. The van der Waals surface area contributed by atoms with Crippen molar-refractivity contribution in [2.45, 2.75) is 45.1 Å². The van der Waals surface area contributed by atoms with E-state index in [2.05, 4.69) is 10.1 Å². The molecule has 1 heterocycles. The van der Waals surface area contributed by atoms with Crippen molar-refractivity contribution in [3.63, 3.8) is 0 Å². The molecule has 0 aromatic heterocycles. The van der Waals surface area contributed by atoms with Gasteiger partial charge in [-0.1, -0.05) is 0 Å². The number of nitrogens with zero attached hydrogens (tertiary/aromatic N) is 2. The summed E-state index contributed by atoms with van der Waals surface area (Å²) in [5.41, 5.74) is 4.53. The van der Waals surface area contributed by atoms with E-state index in [-0.39, 0.29) is 12.3 Å². The molecule has 0 unspecified atom stereocenters. The lowest BCUT2D eigenvalue weighted by Gasteiger charge is -2.44. The number of esters is 1. The fraction of sp³-hybridized carbons (Fsp3) is 0.474. The standard InChI is InChI=1S/C19H24N4O10/c1-19(2,3)33-18(27)21-15-13(9-31-17(20)26)22(16(15)25)32-10-14(24)30-8-11-4-6-12(7-5-11)23(28)29/h4-7,13,15H,8-10H2,1-3H3,(H2,20,26)(H,21,27)/t13-,15-/m1/s1. The van der Waals surface area contributed by atoms with Gasteiger partial charge in [-0.2, -0.15) is 0 Å². The molecular weight excluding hydrogens is 444 g/mol. The van der Waals surface area contributed by atoms with Crippen LogP contribution in [0.2, 0.25) is 0 Å². The van der Waals surface area contributed by atoms with E-state index in [0.29, 0.717) is 5.56 Å². The summed E-state index contributed by atoms with van der Waals surface area (Å²) >= 11 is 0. The summed E-state index contributed by atoms with van der Waals surface area (Å²) in [6, 6.07) is 3.29. The quantitative estimate of drug-likeness (QED) is 0.172. The van der Waals surface area contributed by atoms with Crippen LogP contribution in [-0.4, -0.2) is 64.9 Å². The molecule has 0 bridgehead atoms. The summed E-state index contributed by atoms with van der Waals surface area (Å²) in [7, 11) is 0. The van der Waals surface area contributed by atoms with Crippen molar-refractivity contribution >= 4 is 29.8 Å². The van der Waals surface area contributed by atoms with Crippen LogP contribution in [0.25, 0.3) is 0 Å². The number of rotatable bonds is 9. The molecule has 1 fully saturated rings. The topological polar surface area (TPSA) is 190 Å². The van der Waals surface area contributed by atoms with Gasteiger partial charge in [0.05, 0.1) is 4.92 Å². The SMILES string of the molecule is CC(C)(C)OC(=O)N[C@H]1C(=O)N(OCC(=O)OCc2ccc([N+](=O)[O-])cc2)[C@@H]1COC(N)=O. The predicted octanol–water partition coefficient (Wildman–Crippen LogP) is 0.769. The van der Waals surface area contributed by atoms with Gasteiger partial charge < -0.3 is 25.3 Å². The maximum atomic E-state index is 12.3. The molecule has 1 aromatic rings. The zero-order chi connectivity index (χ0) is 24.8. The van der Waals surface area contributed by atoms with E-state index in [4.69, 9.17) is 20.0 Å². The van der Waals surface area contributed by atoms with Crippen LogP contribution in [0, 0.1) is 10.1 Å². The zero-order valence-corrected chi connectivity index (χ0v) is 18.1. The van der Waals surface area contributed by atoms with E-state index in [1.807, 2.05) is 0 Å². The minimum Gasteiger partial charge on any atom is -0.459 e. The average molecular weight is 468 g/mol. The lowest BCUT2D eigenvalue weighted by atomic mass is 9.99. The number of non-ortho nitro benzene ring substituents is 1. The van der Waals surface area contributed by atoms with E-state index in [1.54, 1.807) is 20.8 Å². The average Bonchev–Trinajstić information content (AvgIpc) is 2.71. The first kappa shape index (κ1) is 25.3. The molecule has 0 spiro atoms. The molecule has 3 amide bonds. The Hall–Kier alpha value is -3.94. The molecular formula is C19H24N4O10. The van der Waals surface area contributed by atoms with Crippen LogP contribution in [0.1, 0.15) is 26.3 Å². The lowest BCUT2D eigenvalue weighted by molar-refractivity contribution is -0.384. The van der Waals surface area contributed by atoms with Crippen molar-refractivity contribution in [1.29, 1.82) is 0 Å². The van der Waals surface area contributed by atoms with Crippen molar-refractivity contribution in [2.75, 3.05) is 13.2 Å². The first-order chi connectivity index (χ1) is 15.4. The number of hydroxylamine groups is 2. The van der Waals surface area contributed by atoms with Gasteiger partial charge >= 0.3 is 18.2 Å².